The van der Waals surface area contributed by atoms with Gasteiger partial charge < -0.3 is 14.8 Å². The van der Waals surface area contributed by atoms with Gasteiger partial charge in [-0.15, -0.1) is 0 Å². The predicted molar refractivity (Wildman–Crippen MR) is 73.3 cm³/mol. The third-order valence-electron chi connectivity index (χ3n) is 2.15. The SMILES string of the molecule is CCOC(=O)c1ccc(CNC(=O)OC(C)(C)C)cn1. The van der Waals surface area contributed by atoms with Crippen molar-refractivity contribution in [2.75, 3.05) is 6.61 Å². The second-order valence-electron chi connectivity index (χ2n) is 5.13. The Kier molecular flexibility index (Phi) is 5.49. The zero-order chi connectivity index (χ0) is 15.2. The highest BCUT2D eigenvalue weighted by atomic mass is 16.6. The van der Waals surface area contributed by atoms with Crippen LogP contribution in [-0.4, -0.2) is 29.3 Å². The van der Waals surface area contributed by atoms with Crippen LogP contribution in [0.2, 0.25) is 0 Å². The minimum Gasteiger partial charge on any atom is -0.461 e. The number of aromatic nitrogens is 1. The summed E-state index contributed by atoms with van der Waals surface area (Å²) in [7, 11) is 0. The smallest absolute Gasteiger partial charge is 0.407 e. The zero-order valence-electron chi connectivity index (χ0n) is 12.2. The summed E-state index contributed by atoms with van der Waals surface area (Å²) < 4.78 is 9.94. The second-order valence-corrected chi connectivity index (χ2v) is 5.13. The molecule has 1 aromatic heterocycles. The van der Waals surface area contributed by atoms with Crippen LogP contribution in [0.5, 0.6) is 0 Å². The number of alkyl carbamates (subject to hydrolysis) is 1. The third-order valence-corrected chi connectivity index (χ3v) is 2.15. The van der Waals surface area contributed by atoms with Crippen LogP contribution >= 0.6 is 0 Å². The fourth-order valence-electron chi connectivity index (χ4n) is 1.34. The molecule has 0 bridgehead atoms. The van der Waals surface area contributed by atoms with E-state index in [-0.39, 0.29) is 12.2 Å². The molecular formula is C14H20N2O4. The maximum Gasteiger partial charge on any atom is 0.407 e. The molecule has 110 valence electrons. The summed E-state index contributed by atoms with van der Waals surface area (Å²) in [5.41, 5.74) is 0.479. The van der Waals surface area contributed by atoms with Gasteiger partial charge in [-0.05, 0) is 39.3 Å². The Morgan fingerprint density at radius 1 is 1.30 bits per heavy atom. The van der Waals surface area contributed by atoms with Gasteiger partial charge in [0, 0.05) is 12.7 Å². The predicted octanol–water partition coefficient (Wildman–Crippen LogP) is 2.28. The molecule has 0 aliphatic heterocycles. The maximum absolute atomic E-state index is 11.5. The molecule has 20 heavy (non-hydrogen) atoms. The Hall–Kier alpha value is -2.11. The average Bonchev–Trinajstić information content (AvgIpc) is 2.35. The third kappa shape index (κ3) is 5.69. The number of carbonyl (C=O) groups excluding carboxylic acids is 2. The van der Waals surface area contributed by atoms with Crippen molar-refractivity contribution < 1.29 is 19.1 Å². The van der Waals surface area contributed by atoms with Crippen LogP contribution in [0.4, 0.5) is 4.79 Å². The van der Waals surface area contributed by atoms with Gasteiger partial charge in [-0.2, -0.15) is 0 Å². The quantitative estimate of drug-likeness (QED) is 0.856. The molecule has 0 saturated heterocycles. The van der Waals surface area contributed by atoms with Gasteiger partial charge in [0.25, 0.3) is 0 Å². The molecular weight excluding hydrogens is 260 g/mol. The van der Waals surface area contributed by atoms with E-state index in [1.54, 1.807) is 39.8 Å². The lowest BCUT2D eigenvalue weighted by atomic mass is 10.2. The van der Waals surface area contributed by atoms with Crippen LogP contribution in [0.15, 0.2) is 18.3 Å². The molecule has 1 amide bonds. The summed E-state index contributed by atoms with van der Waals surface area (Å²) in [5, 5.41) is 2.61. The number of nitrogens with zero attached hydrogens (tertiary/aromatic N) is 1. The fraction of sp³-hybridized carbons (Fsp3) is 0.500. The molecule has 0 aliphatic carbocycles. The first kappa shape index (κ1) is 15.9. The molecule has 0 unspecified atom stereocenters. The first-order chi connectivity index (χ1) is 9.31. The van der Waals surface area contributed by atoms with Crippen molar-refractivity contribution in [2.45, 2.75) is 39.8 Å². The molecule has 0 aliphatic rings. The summed E-state index contributed by atoms with van der Waals surface area (Å²) >= 11 is 0. The van der Waals surface area contributed by atoms with Crippen molar-refractivity contribution in [3.05, 3.63) is 29.6 Å². The van der Waals surface area contributed by atoms with E-state index in [4.69, 9.17) is 9.47 Å². The molecule has 1 rings (SSSR count). The van der Waals surface area contributed by atoms with Gasteiger partial charge in [0.15, 0.2) is 0 Å². The summed E-state index contributed by atoms with van der Waals surface area (Å²) in [4.78, 5) is 26.9. The molecule has 0 aromatic carbocycles. The summed E-state index contributed by atoms with van der Waals surface area (Å²) in [5.74, 6) is -0.459. The van der Waals surface area contributed by atoms with Crippen molar-refractivity contribution in [1.29, 1.82) is 0 Å². The van der Waals surface area contributed by atoms with Crippen molar-refractivity contribution in [3.63, 3.8) is 0 Å². The Morgan fingerprint density at radius 3 is 2.50 bits per heavy atom. The Balaban J connectivity index is 2.50. The Bertz CT molecular complexity index is 463. The lowest BCUT2D eigenvalue weighted by Gasteiger charge is -2.19. The van der Waals surface area contributed by atoms with Crippen LogP contribution in [0.25, 0.3) is 0 Å². The van der Waals surface area contributed by atoms with E-state index in [9.17, 15) is 9.59 Å². The van der Waals surface area contributed by atoms with Gasteiger partial charge in [0.2, 0.25) is 0 Å². The second kappa shape index (κ2) is 6.88. The summed E-state index contributed by atoms with van der Waals surface area (Å²) in [6.45, 7) is 7.71. The van der Waals surface area contributed by atoms with Gasteiger partial charge in [-0.3, -0.25) is 0 Å². The first-order valence-corrected chi connectivity index (χ1v) is 6.40. The number of nitrogens with one attached hydrogen (secondary N) is 1. The highest BCUT2D eigenvalue weighted by molar-refractivity contribution is 5.87. The van der Waals surface area contributed by atoms with E-state index in [0.29, 0.717) is 6.61 Å². The van der Waals surface area contributed by atoms with Gasteiger partial charge in [-0.1, -0.05) is 6.07 Å². The highest BCUT2D eigenvalue weighted by Crippen LogP contribution is 2.07. The Labute approximate surface area is 118 Å². The lowest BCUT2D eigenvalue weighted by molar-refractivity contribution is 0.0509. The lowest BCUT2D eigenvalue weighted by Crippen LogP contribution is -2.32. The first-order valence-electron chi connectivity index (χ1n) is 6.40. The van der Waals surface area contributed by atoms with Crippen molar-refractivity contribution in [1.82, 2.24) is 10.3 Å². The Morgan fingerprint density at radius 2 is 2.00 bits per heavy atom. The number of carbonyl (C=O) groups is 2. The standard InChI is InChI=1S/C14H20N2O4/c1-5-19-12(17)11-7-6-10(8-15-11)9-16-13(18)20-14(2,3)4/h6-8H,5,9H2,1-4H3,(H,16,18). The normalized spacial score (nSPS) is 10.8. The summed E-state index contributed by atoms with van der Waals surface area (Å²) in [6, 6.07) is 3.26. The van der Waals surface area contributed by atoms with Crippen LogP contribution in [0.1, 0.15) is 43.7 Å². The molecule has 6 nitrogen and oxygen atoms in total. The van der Waals surface area contributed by atoms with E-state index in [2.05, 4.69) is 10.3 Å². The number of rotatable bonds is 4. The number of amides is 1. The molecule has 0 spiro atoms. The minimum absolute atomic E-state index is 0.243. The average molecular weight is 280 g/mol. The topological polar surface area (TPSA) is 77.5 Å². The van der Waals surface area contributed by atoms with Crippen molar-refractivity contribution >= 4 is 12.1 Å². The molecule has 0 atom stereocenters. The molecule has 0 fully saturated rings. The van der Waals surface area contributed by atoms with Gasteiger partial charge in [0.05, 0.1) is 6.61 Å². The zero-order valence-corrected chi connectivity index (χ0v) is 12.2. The van der Waals surface area contributed by atoms with E-state index in [1.807, 2.05) is 0 Å². The fourth-order valence-corrected chi connectivity index (χ4v) is 1.34. The minimum atomic E-state index is -0.532. The van der Waals surface area contributed by atoms with Crippen LogP contribution in [0, 0.1) is 0 Å². The maximum atomic E-state index is 11.5. The van der Waals surface area contributed by atoms with E-state index >= 15 is 0 Å². The van der Waals surface area contributed by atoms with Crippen LogP contribution in [0.3, 0.4) is 0 Å². The number of hydrogen-bond donors (Lipinski definition) is 1. The number of pyridine rings is 1. The van der Waals surface area contributed by atoms with E-state index < -0.39 is 17.7 Å². The molecule has 0 radical (unpaired) electrons. The number of ether oxygens (including phenoxy) is 2. The molecule has 1 N–H and O–H groups in total. The van der Waals surface area contributed by atoms with Gasteiger partial charge >= 0.3 is 12.1 Å². The molecule has 6 heteroatoms. The van der Waals surface area contributed by atoms with E-state index in [0.717, 1.165) is 5.56 Å². The largest absolute Gasteiger partial charge is 0.461 e. The van der Waals surface area contributed by atoms with E-state index in [1.165, 1.54) is 6.20 Å². The monoisotopic (exact) mass is 280 g/mol. The molecule has 1 aromatic rings. The molecule has 0 saturated carbocycles. The van der Waals surface area contributed by atoms with Gasteiger partial charge in [0.1, 0.15) is 11.3 Å². The van der Waals surface area contributed by atoms with Crippen molar-refractivity contribution in [3.8, 4) is 0 Å². The molecule has 1 heterocycles. The van der Waals surface area contributed by atoms with Crippen molar-refractivity contribution in [2.24, 2.45) is 0 Å². The van der Waals surface area contributed by atoms with Crippen LogP contribution in [-0.2, 0) is 16.0 Å². The van der Waals surface area contributed by atoms with Gasteiger partial charge in [-0.25, -0.2) is 14.6 Å². The van der Waals surface area contributed by atoms with Crippen LogP contribution < -0.4 is 5.32 Å². The number of hydrogen-bond acceptors (Lipinski definition) is 5. The highest BCUT2D eigenvalue weighted by Gasteiger charge is 2.15. The summed E-state index contributed by atoms with van der Waals surface area (Å²) in [6.07, 6.45) is 1.02. The number of esters is 1.